The molecule has 2 aromatic heterocycles. The van der Waals surface area contributed by atoms with Gasteiger partial charge in [-0.3, -0.25) is 4.90 Å². The first kappa shape index (κ1) is 19.9. The molecule has 0 N–H and O–H groups in total. The van der Waals surface area contributed by atoms with E-state index in [1.54, 1.807) is 28.7 Å². The summed E-state index contributed by atoms with van der Waals surface area (Å²) in [4.78, 5) is 3.31. The van der Waals surface area contributed by atoms with E-state index < -0.39 is 10.0 Å². The quantitative estimate of drug-likeness (QED) is 0.599. The number of nitrogens with zero attached hydrogens (tertiary/aromatic N) is 3. The summed E-state index contributed by atoms with van der Waals surface area (Å²) < 4.78 is 33.3. The fourth-order valence-corrected chi connectivity index (χ4v) is 7.36. The standard InChI is InChI=1S/C22H25N3O3S2/c26-30(27,22-6-5-21(29-22)20-7-11-23-28-20)25-13-8-17(9-14-25)15-24-12-10-18-3-1-2-4-19(18)16-24/h1-7,11,17H,8-10,12-16H2. The van der Waals surface area contributed by atoms with Gasteiger partial charge in [-0.2, -0.15) is 4.31 Å². The summed E-state index contributed by atoms with van der Waals surface area (Å²) in [7, 11) is -3.45. The van der Waals surface area contributed by atoms with Gasteiger partial charge in [0.15, 0.2) is 5.76 Å². The van der Waals surface area contributed by atoms with Crippen molar-refractivity contribution in [2.75, 3.05) is 26.2 Å². The first-order chi connectivity index (χ1) is 14.6. The van der Waals surface area contributed by atoms with Crippen molar-refractivity contribution in [1.29, 1.82) is 0 Å². The topological polar surface area (TPSA) is 66.7 Å². The molecule has 1 saturated heterocycles. The molecule has 30 heavy (non-hydrogen) atoms. The lowest BCUT2D eigenvalue weighted by Crippen LogP contribution is -2.42. The third kappa shape index (κ3) is 3.97. The molecule has 2 aliphatic heterocycles. The first-order valence-electron chi connectivity index (χ1n) is 10.4. The number of hydrogen-bond acceptors (Lipinski definition) is 6. The van der Waals surface area contributed by atoms with Crippen molar-refractivity contribution in [3.63, 3.8) is 0 Å². The van der Waals surface area contributed by atoms with Crippen LogP contribution in [0.3, 0.4) is 0 Å². The van der Waals surface area contributed by atoms with Crippen molar-refractivity contribution in [3.8, 4) is 10.6 Å². The van der Waals surface area contributed by atoms with Crippen LogP contribution in [-0.2, 0) is 23.0 Å². The summed E-state index contributed by atoms with van der Waals surface area (Å²) >= 11 is 1.24. The van der Waals surface area contributed by atoms with Crippen LogP contribution in [0.5, 0.6) is 0 Å². The lowest BCUT2D eigenvalue weighted by atomic mass is 9.94. The third-order valence-corrected chi connectivity index (χ3v) is 9.62. The Kier molecular flexibility index (Phi) is 5.49. The van der Waals surface area contributed by atoms with Crippen molar-refractivity contribution < 1.29 is 12.9 Å². The van der Waals surface area contributed by atoms with Crippen molar-refractivity contribution in [3.05, 3.63) is 59.8 Å². The van der Waals surface area contributed by atoms with Gasteiger partial charge in [-0.05, 0) is 48.4 Å². The molecule has 0 unspecified atom stereocenters. The number of sulfonamides is 1. The minimum atomic E-state index is -3.45. The maximum Gasteiger partial charge on any atom is 0.252 e. The van der Waals surface area contributed by atoms with Crippen LogP contribution in [0.4, 0.5) is 0 Å². The van der Waals surface area contributed by atoms with E-state index in [1.165, 1.54) is 22.5 Å². The highest BCUT2D eigenvalue weighted by atomic mass is 32.2. The fourth-order valence-electron chi connectivity index (χ4n) is 4.47. The SMILES string of the molecule is O=S(=O)(c1ccc(-c2ccno2)s1)N1CCC(CN2CCc3ccccc3C2)CC1. The molecule has 8 heteroatoms. The van der Waals surface area contributed by atoms with Crippen LogP contribution in [0.1, 0.15) is 24.0 Å². The molecule has 0 saturated carbocycles. The zero-order chi connectivity index (χ0) is 20.6. The van der Waals surface area contributed by atoms with Crippen LogP contribution in [0, 0.1) is 5.92 Å². The van der Waals surface area contributed by atoms with Gasteiger partial charge >= 0.3 is 0 Å². The van der Waals surface area contributed by atoms with Gasteiger partial charge in [0.1, 0.15) is 4.21 Å². The Hall–Kier alpha value is -2.00. The second kappa shape index (κ2) is 8.26. The average molecular weight is 444 g/mol. The van der Waals surface area contributed by atoms with Crippen LogP contribution < -0.4 is 0 Å². The smallest absolute Gasteiger partial charge is 0.252 e. The number of hydrogen-bond donors (Lipinski definition) is 0. The van der Waals surface area contributed by atoms with Crippen LogP contribution in [0.15, 0.2) is 57.4 Å². The molecule has 1 fully saturated rings. The summed E-state index contributed by atoms with van der Waals surface area (Å²) in [6.07, 6.45) is 4.50. The van der Waals surface area contributed by atoms with Gasteiger partial charge < -0.3 is 4.52 Å². The van der Waals surface area contributed by atoms with Gasteiger partial charge in [0.2, 0.25) is 0 Å². The molecule has 0 aliphatic carbocycles. The van der Waals surface area contributed by atoms with Gasteiger partial charge in [-0.1, -0.05) is 29.4 Å². The second-order valence-electron chi connectivity index (χ2n) is 8.10. The number of fused-ring (bicyclic) bond motifs is 1. The van der Waals surface area contributed by atoms with E-state index in [1.807, 2.05) is 0 Å². The third-order valence-electron chi connectivity index (χ3n) is 6.16. The molecular formula is C22H25N3O3S2. The van der Waals surface area contributed by atoms with E-state index >= 15 is 0 Å². The van der Waals surface area contributed by atoms with Crippen LogP contribution in [0.2, 0.25) is 0 Å². The number of benzene rings is 1. The molecular weight excluding hydrogens is 418 g/mol. The van der Waals surface area contributed by atoms with Crippen molar-refractivity contribution in [1.82, 2.24) is 14.4 Å². The minimum absolute atomic E-state index is 0.375. The maximum atomic E-state index is 13.1. The summed E-state index contributed by atoms with van der Waals surface area (Å²) in [6.45, 7) is 4.33. The molecule has 3 aromatic rings. The van der Waals surface area contributed by atoms with Gasteiger partial charge in [0.05, 0.1) is 11.1 Å². The summed E-state index contributed by atoms with van der Waals surface area (Å²) in [6, 6.07) is 13.9. The highest BCUT2D eigenvalue weighted by Crippen LogP contribution is 2.33. The second-order valence-corrected chi connectivity index (χ2v) is 11.3. The largest absolute Gasteiger partial charge is 0.355 e. The van der Waals surface area contributed by atoms with Gasteiger partial charge in [-0.25, -0.2) is 8.42 Å². The molecule has 0 spiro atoms. The highest BCUT2D eigenvalue weighted by molar-refractivity contribution is 7.91. The predicted molar refractivity (Wildman–Crippen MR) is 117 cm³/mol. The Morgan fingerprint density at radius 2 is 1.83 bits per heavy atom. The van der Waals surface area contributed by atoms with Crippen molar-refractivity contribution in [2.45, 2.75) is 30.0 Å². The number of aromatic nitrogens is 1. The Morgan fingerprint density at radius 1 is 1.03 bits per heavy atom. The summed E-state index contributed by atoms with van der Waals surface area (Å²) in [5, 5.41) is 3.70. The van der Waals surface area contributed by atoms with E-state index in [0.717, 1.165) is 43.8 Å². The average Bonchev–Trinajstić information content (AvgIpc) is 3.46. The summed E-state index contributed by atoms with van der Waals surface area (Å²) in [5.41, 5.74) is 2.90. The molecule has 0 amide bonds. The molecule has 2 aliphatic rings. The van der Waals surface area contributed by atoms with Gasteiger partial charge in [0, 0.05) is 38.8 Å². The zero-order valence-corrected chi connectivity index (χ0v) is 18.4. The summed E-state index contributed by atoms with van der Waals surface area (Å²) in [5.74, 6) is 1.15. The van der Waals surface area contributed by atoms with E-state index in [0.29, 0.717) is 29.0 Å². The molecule has 4 heterocycles. The van der Waals surface area contributed by atoms with Crippen LogP contribution in [-0.4, -0.2) is 49.0 Å². The van der Waals surface area contributed by atoms with Crippen molar-refractivity contribution in [2.24, 2.45) is 5.92 Å². The van der Waals surface area contributed by atoms with Crippen molar-refractivity contribution >= 4 is 21.4 Å². The van der Waals surface area contributed by atoms with E-state index in [9.17, 15) is 8.42 Å². The Balaban J connectivity index is 1.19. The first-order valence-corrected chi connectivity index (χ1v) is 12.7. The molecule has 1 aromatic carbocycles. The zero-order valence-electron chi connectivity index (χ0n) is 16.7. The highest BCUT2D eigenvalue weighted by Gasteiger charge is 2.31. The lowest BCUT2D eigenvalue weighted by Gasteiger charge is -2.36. The fraction of sp³-hybridized carbons (Fsp3) is 0.409. The van der Waals surface area contributed by atoms with Crippen LogP contribution >= 0.6 is 11.3 Å². The molecule has 6 nitrogen and oxygen atoms in total. The number of piperidine rings is 1. The molecule has 158 valence electrons. The molecule has 0 atom stereocenters. The Bertz CT molecular complexity index is 1100. The minimum Gasteiger partial charge on any atom is -0.355 e. The maximum absolute atomic E-state index is 13.1. The van der Waals surface area contributed by atoms with E-state index in [4.69, 9.17) is 4.52 Å². The van der Waals surface area contributed by atoms with Crippen LogP contribution in [0.25, 0.3) is 10.6 Å². The number of rotatable bonds is 5. The molecule has 5 rings (SSSR count). The van der Waals surface area contributed by atoms with E-state index in [-0.39, 0.29) is 0 Å². The molecule has 0 radical (unpaired) electrons. The molecule has 0 bridgehead atoms. The number of thiophene rings is 1. The predicted octanol–water partition coefficient (Wildman–Crippen LogP) is 3.86. The van der Waals surface area contributed by atoms with Gasteiger partial charge in [-0.15, -0.1) is 11.3 Å². The van der Waals surface area contributed by atoms with Gasteiger partial charge in [0.25, 0.3) is 10.0 Å². The Labute approximate surface area is 181 Å². The normalized spacial score (nSPS) is 19.1. The van der Waals surface area contributed by atoms with E-state index in [2.05, 4.69) is 34.3 Å². The monoisotopic (exact) mass is 443 g/mol. The lowest BCUT2D eigenvalue weighted by molar-refractivity contribution is 0.171. The Morgan fingerprint density at radius 3 is 2.60 bits per heavy atom.